The molecule has 4 heteroatoms. The van der Waals surface area contributed by atoms with Crippen LogP contribution < -0.4 is 5.32 Å². The summed E-state index contributed by atoms with van der Waals surface area (Å²) in [6.07, 6.45) is 1.24. The average Bonchev–Trinajstić information content (AvgIpc) is 2.52. The van der Waals surface area contributed by atoms with Gasteiger partial charge in [0.05, 0.1) is 5.69 Å². The second-order valence-corrected chi connectivity index (χ2v) is 5.20. The molecule has 0 amide bonds. The molecular weight excluding hydrogens is 224 g/mol. The van der Waals surface area contributed by atoms with E-state index in [1.54, 1.807) is 0 Å². The number of nitrogens with zero attached hydrogens (tertiary/aromatic N) is 3. The van der Waals surface area contributed by atoms with Gasteiger partial charge in [-0.25, -0.2) is 4.98 Å². The molecule has 0 bridgehead atoms. The summed E-state index contributed by atoms with van der Waals surface area (Å²) in [6, 6.07) is 6.78. The van der Waals surface area contributed by atoms with Gasteiger partial charge in [0, 0.05) is 32.7 Å². The van der Waals surface area contributed by atoms with Crippen molar-refractivity contribution in [2.24, 2.45) is 0 Å². The Balaban J connectivity index is 2.02. The second-order valence-electron chi connectivity index (χ2n) is 5.20. The van der Waals surface area contributed by atoms with Gasteiger partial charge in [0.25, 0.3) is 0 Å². The Morgan fingerprint density at radius 2 is 2.22 bits per heavy atom. The summed E-state index contributed by atoms with van der Waals surface area (Å²) < 4.78 is 0. The molecule has 0 saturated carbocycles. The van der Waals surface area contributed by atoms with E-state index < -0.39 is 0 Å². The molecule has 2 rings (SSSR count). The third-order valence-corrected chi connectivity index (χ3v) is 3.61. The fourth-order valence-electron chi connectivity index (χ4n) is 2.57. The van der Waals surface area contributed by atoms with Crippen LogP contribution in [-0.4, -0.2) is 54.6 Å². The normalized spacial score (nSPS) is 22.7. The molecular formula is C14H24N4. The van der Waals surface area contributed by atoms with Crippen LogP contribution in [0.5, 0.6) is 0 Å². The van der Waals surface area contributed by atoms with Gasteiger partial charge in [-0.2, -0.15) is 0 Å². The van der Waals surface area contributed by atoms with Crippen LogP contribution in [0.4, 0.5) is 5.82 Å². The maximum atomic E-state index is 4.60. The zero-order valence-corrected chi connectivity index (χ0v) is 11.7. The van der Waals surface area contributed by atoms with Crippen LogP contribution in [0.25, 0.3) is 0 Å². The van der Waals surface area contributed by atoms with Crippen molar-refractivity contribution in [2.45, 2.75) is 25.9 Å². The SMILES string of the molecule is CNc1cccc(CN2CCCN(C)CC2C)n1. The van der Waals surface area contributed by atoms with E-state index in [4.69, 9.17) is 0 Å². The predicted molar refractivity (Wildman–Crippen MR) is 75.8 cm³/mol. The van der Waals surface area contributed by atoms with Gasteiger partial charge in [0.15, 0.2) is 0 Å². The van der Waals surface area contributed by atoms with E-state index in [0.717, 1.165) is 31.1 Å². The molecule has 2 heterocycles. The molecule has 1 N–H and O–H groups in total. The number of pyridine rings is 1. The van der Waals surface area contributed by atoms with E-state index in [9.17, 15) is 0 Å². The van der Waals surface area contributed by atoms with Gasteiger partial charge in [-0.3, -0.25) is 4.90 Å². The fraction of sp³-hybridized carbons (Fsp3) is 0.643. The second kappa shape index (κ2) is 6.16. The van der Waals surface area contributed by atoms with Crippen molar-refractivity contribution in [3.8, 4) is 0 Å². The first-order chi connectivity index (χ1) is 8.69. The third-order valence-electron chi connectivity index (χ3n) is 3.61. The summed E-state index contributed by atoms with van der Waals surface area (Å²) >= 11 is 0. The lowest BCUT2D eigenvalue weighted by molar-refractivity contribution is 0.192. The van der Waals surface area contributed by atoms with Gasteiger partial charge in [-0.1, -0.05) is 6.07 Å². The minimum Gasteiger partial charge on any atom is -0.373 e. The number of hydrogen-bond acceptors (Lipinski definition) is 4. The molecule has 4 nitrogen and oxygen atoms in total. The fourth-order valence-corrected chi connectivity index (χ4v) is 2.57. The van der Waals surface area contributed by atoms with Crippen LogP contribution in [-0.2, 0) is 6.54 Å². The summed E-state index contributed by atoms with van der Waals surface area (Å²) in [5, 5.41) is 3.10. The van der Waals surface area contributed by atoms with Gasteiger partial charge >= 0.3 is 0 Å². The molecule has 1 saturated heterocycles. The topological polar surface area (TPSA) is 31.4 Å². The van der Waals surface area contributed by atoms with Crippen LogP contribution >= 0.6 is 0 Å². The van der Waals surface area contributed by atoms with Gasteiger partial charge in [0.2, 0.25) is 0 Å². The molecule has 18 heavy (non-hydrogen) atoms. The number of nitrogens with one attached hydrogen (secondary N) is 1. The van der Waals surface area contributed by atoms with Crippen LogP contribution in [0.1, 0.15) is 19.0 Å². The summed E-state index contributed by atoms with van der Waals surface area (Å²) in [5.74, 6) is 0.951. The van der Waals surface area contributed by atoms with Crippen LogP contribution in [0.15, 0.2) is 18.2 Å². The van der Waals surface area contributed by atoms with E-state index in [2.05, 4.69) is 46.2 Å². The highest BCUT2D eigenvalue weighted by atomic mass is 15.2. The number of rotatable bonds is 3. The number of anilines is 1. The molecule has 0 spiro atoms. The van der Waals surface area contributed by atoms with Gasteiger partial charge < -0.3 is 10.2 Å². The zero-order chi connectivity index (χ0) is 13.0. The largest absolute Gasteiger partial charge is 0.373 e. The molecule has 0 radical (unpaired) electrons. The maximum Gasteiger partial charge on any atom is 0.126 e. The Kier molecular flexibility index (Phi) is 4.55. The molecule has 0 aromatic carbocycles. The lowest BCUT2D eigenvalue weighted by Gasteiger charge is -2.27. The van der Waals surface area contributed by atoms with Crippen LogP contribution in [0.2, 0.25) is 0 Å². The predicted octanol–water partition coefficient (Wildman–Crippen LogP) is 1.65. The first-order valence-corrected chi connectivity index (χ1v) is 6.75. The van der Waals surface area contributed by atoms with E-state index >= 15 is 0 Å². The van der Waals surface area contributed by atoms with E-state index in [-0.39, 0.29) is 0 Å². The smallest absolute Gasteiger partial charge is 0.126 e. The Labute approximate surface area is 110 Å². The highest BCUT2D eigenvalue weighted by molar-refractivity contribution is 5.34. The van der Waals surface area contributed by atoms with Gasteiger partial charge in [-0.15, -0.1) is 0 Å². The first-order valence-electron chi connectivity index (χ1n) is 6.75. The summed E-state index contributed by atoms with van der Waals surface area (Å²) in [6.45, 7) is 6.77. The van der Waals surface area contributed by atoms with E-state index in [0.29, 0.717) is 6.04 Å². The highest BCUT2D eigenvalue weighted by Crippen LogP contribution is 2.13. The van der Waals surface area contributed by atoms with Crippen molar-refractivity contribution in [3.63, 3.8) is 0 Å². The quantitative estimate of drug-likeness (QED) is 0.881. The summed E-state index contributed by atoms with van der Waals surface area (Å²) in [7, 11) is 4.12. The molecule has 1 aliphatic heterocycles. The molecule has 1 fully saturated rings. The minimum absolute atomic E-state index is 0.595. The van der Waals surface area contributed by atoms with Crippen molar-refractivity contribution in [1.82, 2.24) is 14.8 Å². The Morgan fingerprint density at radius 3 is 3.00 bits per heavy atom. The Bertz CT molecular complexity index is 380. The molecule has 100 valence electrons. The van der Waals surface area contributed by atoms with Crippen LogP contribution in [0.3, 0.4) is 0 Å². The average molecular weight is 248 g/mol. The molecule has 1 aromatic rings. The van der Waals surface area contributed by atoms with E-state index in [1.807, 2.05) is 13.1 Å². The summed E-state index contributed by atoms with van der Waals surface area (Å²) in [4.78, 5) is 9.55. The van der Waals surface area contributed by atoms with Crippen molar-refractivity contribution in [3.05, 3.63) is 23.9 Å². The van der Waals surface area contributed by atoms with Crippen LogP contribution in [0, 0.1) is 0 Å². The summed E-state index contributed by atoms with van der Waals surface area (Å²) in [5.41, 5.74) is 1.15. The Hall–Kier alpha value is -1.13. The monoisotopic (exact) mass is 248 g/mol. The molecule has 1 unspecified atom stereocenters. The van der Waals surface area contributed by atoms with Crippen molar-refractivity contribution in [1.29, 1.82) is 0 Å². The lowest BCUT2D eigenvalue weighted by Crippen LogP contribution is -2.37. The maximum absolute atomic E-state index is 4.60. The van der Waals surface area contributed by atoms with E-state index in [1.165, 1.54) is 13.0 Å². The molecule has 1 aromatic heterocycles. The minimum atomic E-state index is 0.595. The lowest BCUT2D eigenvalue weighted by atomic mass is 10.2. The number of hydrogen-bond donors (Lipinski definition) is 1. The first kappa shape index (κ1) is 13.3. The standard InChI is InChI=1S/C14H24N4/c1-12-10-17(3)8-5-9-18(12)11-13-6-4-7-14(15-2)16-13/h4,6-7,12H,5,8-11H2,1-3H3,(H,15,16). The van der Waals surface area contributed by atoms with Gasteiger partial charge in [0.1, 0.15) is 5.82 Å². The molecule has 1 aliphatic rings. The molecule has 0 aliphatic carbocycles. The highest BCUT2D eigenvalue weighted by Gasteiger charge is 2.19. The zero-order valence-electron chi connectivity index (χ0n) is 11.7. The number of likely N-dealkylation sites (N-methyl/N-ethyl adjacent to an activating group) is 1. The number of aromatic nitrogens is 1. The van der Waals surface area contributed by atoms with Crippen molar-refractivity contribution >= 4 is 5.82 Å². The molecule has 1 atom stereocenters. The van der Waals surface area contributed by atoms with Gasteiger partial charge in [-0.05, 0) is 39.1 Å². The third kappa shape index (κ3) is 3.43. The Morgan fingerprint density at radius 1 is 1.39 bits per heavy atom. The van der Waals surface area contributed by atoms with Crippen molar-refractivity contribution in [2.75, 3.05) is 39.0 Å². The van der Waals surface area contributed by atoms with Crippen molar-refractivity contribution < 1.29 is 0 Å².